The fraction of sp³-hybridized carbons (Fsp3) is 0.667. The van der Waals surface area contributed by atoms with Crippen LogP contribution in [0.5, 0.6) is 0 Å². The van der Waals surface area contributed by atoms with Gasteiger partial charge in [0.1, 0.15) is 0 Å². The van der Waals surface area contributed by atoms with Gasteiger partial charge in [-0.05, 0) is 18.3 Å². The molecule has 0 saturated heterocycles. The molecular weight excluding hydrogens is 144 g/mol. The first-order chi connectivity index (χ1) is 5.49. The molecule has 0 aromatic heterocycles. The molecule has 0 aromatic carbocycles. The lowest BCUT2D eigenvalue weighted by atomic mass is 9.86. The molecule has 0 heteroatoms. The molecule has 0 radical (unpaired) electrons. The molecule has 0 saturated carbocycles. The Morgan fingerprint density at radius 2 is 1.92 bits per heavy atom. The molecule has 0 fully saturated rings. The van der Waals surface area contributed by atoms with Crippen molar-refractivity contribution in [3.63, 3.8) is 0 Å². The molecule has 12 heavy (non-hydrogen) atoms. The number of hydrogen-bond acceptors (Lipinski definition) is 0. The zero-order valence-corrected chi connectivity index (χ0v) is 8.98. The Kier molecular flexibility index (Phi) is 4.96. The predicted molar refractivity (Wildman–Crippen MR) is 57.3 cm³/mol. The van der Waals surface area contributed by atoms with E-state index in [1.807, 2.05) is 6.08 Å². The maximum Gasteiger partial charge on any atom is -0.0268 e. The van der Waals surface area contributed by atoms with Gasteiger partial charge < -0.3 is 0 Å². The van der Waals surface area contributed by atoms with Gasteiger partial charge in [0.15, 0.2) is 0 Å². The largest absolute Gasteiger partial charge is 0.0991 e. The molecule has 0 bridgehead atoms. The van der Waals surface area contributed by atoms with Crippen LogP contribution in [0, 0.1) is 5.41 Å². The maximum atomic E-state index is 3.74. The normalized spacial score (nSPS) is 13.2. The maximum absolute atomic E-state index is 3.74. The van der Waals surface area contributed by atoms with E-state index in [4.69, 9.17) is 0 Å². The van der Waals surface area contributed by atoms with Gasteiger partial charge in [-0.25, -0.2) is 0 Å². The third kappa shape index (κ3) is 6.21. The molecular formula is C12H22. The summed E-state index contributed by atoms with van der Waals surface area (Å²) in [7, 11) is 0. The molecule has 0 spiro atoms. The van der Waals surface area contributed by atoms with E-state index in [0.29, 0.717) is 5.41 Å². The number of rotatable bonds is 4. The summed E-state index contributed by atoms with van der Waals surface area (Å²) in [4.78, 5) is 0. The average Bonchev–Trinajstić information content (AvgIpc) is 1.84. The van der Waals surface area contributed by atoms with Gasteiger partial charge in [-0.3, -0.25) is 0 Å². The Morgan fingerprint density at radius 3 is 2.25 bits per heavy atom. The zero-order chi connectivity index (χ0) is 9.61. The second kappa shape index (κ2) is 5.18. The Balaban J connectivity index is 4.14. The number of allylic oxidation sites excluding steroid dienone is 3. The van der Waals surface area contributed by atoms with Crippen molar-refractivity contribution in [3.8, 4) is 0 Å². The molecule has 0 nitrogen and oxygen atoms in total. The van der Waals surface area contributed by atoms with Crippen molar-refractivity contribution in [2.24, 2.45) is 5.41 Å². The first-order valence-electron chi connectivity index (χ1n) is 4.80. The standard InChI is InChI=1S/C12H22/c1-6-8-11(9-7-2)10-12(3,4)5/h6,8H,1,7,9-10H2,2-5H3/b11-8+. The Labute approximate surface area is 77.4 Å². The van der Waals surface area contributed by atoms with Crippen LogP contribution in [-0.2, 0) is 0 Å². The van der Waals surface area contributed by atoms with Gasteiger partial charge in [-0.1, -0.05) is 58.4 Å². The van der Waals surface area contributed by atoms with Crippen molar-refractivity contribution in [1.82, 2.24) is 0 Å². The molecule has 0 atom stereocenters. The van der Waals surface area contributed by atoms with Crippen molar-refractivity contribution >= 4 is 0 Å². The summed E-state index contributed by atoms with van der Waals surface area (Å²) in [5.74, 6) is 0. The van der Waals surface area contributed by atoms with Gasteiger partial charge in [0.25, 0.3) is 0 Å². The van der Waals surface area contributed by atoms with Crippen LogP contribution in [0.25, 0.3) is 0 Å². The van der Waals surface area contributed by atoms with Crippen LogP contribution in [0.4, 0.5) is 0 Å². The van der Waals surface area contributed by atoms with Crippen LogP contribution < -0.4 is 0 Å². The quantitative estimate of drug-likeness (QED) is 0.545. The highest BCUT2D eigenvalue weighted by Crippen LogP contribution is 2.26. The smallest absolute Gasteiger partial charge is 0.0268 e. The van der Waals surface area contributed by atoms with Crippen LogP contribution in [-0.4, -0.2) is 0 Å². The second-order valence-corrected chi connectivity index (χ2v) is 4.55. The molecule has 0 aliphatic rings. The molecule has 0 amide bonds. The topological polar surface area (TPSA) is 0 Å². The van der Waals surface area contributed by atoms with E-state index in [2.05, 4.69) is 40.3 Å². The van der Waals surface area contributed by atoms with E-state index in [1.54, 1.807) is 0 Å². The summed E-state index contributed by atoms with van der Waals surface area (Å²) < 4.78 is 0. The fourth-order valence-corrected chi connectivity index (χ4v) is 1.40. The van der Waals surface area contributed by atoms with Gasteiger partial charge >= 0.3 is 0 Å². The minimum atomic E-state index is 0.407. The fourth-order valence-electron chi connectivity index (χ4n) is 1.40. The van der Waals surface area contributed by atoms with E-state index in [9.17, 15) is 0 Å². The van der Waals surface area contributed by atoms with E-state index >= 15 is 0 Å². The third-order valence-corrected chi connectivity index (χ3v) is 1.68. The summed E-state index contributed by atoms with van der Waals surface area (Å²) in [6.07, 6.45) is 7.69. The van der Waals surface area contributed by atoms with Crippen molar-refractivity contribution in [1.29, 1.82) is 0 Å². The first kappa shape index (κ1) is 11.5. The Hall–Kier alpha value is -0.520. The molecule has 0 heterocycles. The summed E-state index contributed by atoms with van der Waals surface area (Å²) in [6, 6.07) is 0. The van der Waals surface area contributed by atoms with Gasteiger partial charge in [0.05, 0.1) is 0 Å². The van der Waals surface area contributed by atoms with Crippen LogP contribution >= 0.6 is 0 Å². The van der Waals surface area contributed by atoms with E-state index in [1.165, 1.54) is 24.8 Å². The lowest BCUT2D eigenvalue weighted by molar-refractivity contribution is 0.404. The highest BCUT2D eigenvalue weighted by atomic mass is 14.2. The molecule has 70 valence electrons. The van der Waals surface area contributed by atoms with Gasteiger partial charge in [0.2, 0.25) is 0 Å². The predicted octanol–water partition coefficient (Wildman–Crippen LogP) is 4.34. The summed E-state index contributed by atoms with van der Waals surface area (Å²) in [5.41, 5.74) is 1.93. The number of hydrogen-bond donors (Lipinski definition) is 0. The molecule has 0 aliphatic heterocycles. The molecule has 0 rings (SSSR count). The lowest BCUT2D eigenvalue weighted by Crippen LogP contribution is -2.06. The van der Waals surface area contributed by atoms with Crippen LogP contribution in [0.1, 0.15) is 47.0 Å². The van der Waals surface area contributed by atoms with Crippen molar-refractivity contribution in [2.45, 2.75) is 47.0 Å². The molecule has 0 N–H and O–H groups in total. The van der Waals surface area contributed by atoms with Crippen molar-refractivity contribution in [3.05, 3.63) is 24.3 Å². The summed E-state index contributed by atoms with van der Waals surface area (Å²) in [6.45, 7) is 12.8. The molecule has 0 aromatic rings. The zero-order valence-electron chi connectivity index (χ0n) is 8.98. The second-order valence-electron chi connectivity index (χ2n) is 4.55. The van der Waals surface area contributed by atoms with Gasteiger partial charge in [0, 0.05) is 0 Å². The first-order valence-corrected chi connectivity index (χ1v) is 4.80. The van der Waals surface area contributed by atoms with Crippen LogP contribution in [0.2, 0.25) is 0 Å². The highest BCUT2D eigenvalue weighted by molar-refractivity contribution is 5.11. The van der Waals surface area contributed by atoms with E-state index < -0.39 is 0 Å². The van der Waals surface area contributed by atoms with Gasteiger partial charge in [-0.15, -0.1) is 0 Å². The average molecular weight is 166 g/mol. The van der Waals surface area contributed by atoms with Crippen LogP contribution in [0.3, 0.4) is 0 Å². The van der Waals surface area contributed by atoms with Gasteiger partial charge in [-0.2, -0.15) is 0 Å². The Morgan fingerprint density at radius 1 is 1.33 bits per heavy atom. The lowest BCUT2D eigenvalue weighted by Gasteiger charge is -2.19. The highest BCUT2D eigenvalue weighted by Gasteiger charge is 2.11. The van der Waals surface area contributed by atoms with E-state index in [0.717, 1.165) is 0 Å². The van der Waals surface area contributed by atoms with Crippen molar-refractivity contribution < 1.29 is 0 Å². The SMILES string of the molecule is C=C/C=C(\CCC)CC(C)(C)C. The molecule has 0 unspecified atom stereocenters. The summed E-state index contributed by atoms with van der Waals surface area (Å²) >= 11 is 0. The minimum Gasteiger partial charge on any atom is -0.0991 e. The monoisotopic (exact) mass is 166 g/mol. The minimum absolute atomic E-state index is 0.407. The third-order valence-electron chi connectivity index (χ3n) is 1.68. The van der Waals surface area contributed by atoms with Crippen molar-refractivity contribution in [2.75, 3.05) is 0 Å². The summed E-state index contributed by atoms with van der Waals surface area (Å²) in [5, 5.41) is 0. The van der Waals surface area contributed by atoms with Crippen LogP contribution in [0.15, 0.2) is 24.3 Å². The van der Waals surface area contributed by atoms with E-state index in [-0.39, 0.29) is 0 Å². The Bertz CT molecular complexity index is 155. The molecule has 0 aliphatic carbocycles.